The molecule has 0 spiro atoms. The van der Waals surface area contributed by atoms with E-state index in [4.69, 9.17) is 23.7 Å². The number of imidazole rings is 1. The topological polar surface area (TPSA) is 207 Å². The van der Waals surface area contributed by atoms with Gasteiger partial charge in [0.05, 0.1) is 12.0 Å². The first-order chi connectivity index (χ1) is 20.5. The monoisotopic (exact) mass is 599 g/mol. The molecule has 16 heteroatoms. The Balaban J connectivity index is 1.58. The van der Waals surface area contributed by atoms with Gasteiger partial charge in [0.15, 0.2) is 24.1 Å². The van der Waals surface area contributed by atoms with Gasteiger partial charge in [-0.25, -0.2) is 24.5 Å². The molecular weight excluding hydrogens is 570 g/mol. The summed E-state index contributed by atoms with van der Waals surface area (Å²) in [4.78, 5) is 72.3. The molecule has 3 heterocycles. The highest BCUT2D eigenvalue weighted by atomic mass is 16.7. The lowest BCUT2D eigenvalue weighted by atomic mass is 10.1. The molecule has 1 aromatic carbocycles. The van der Waals surface area contributed by atoms with E-state index in [0.29, 0.717) is 0 Å². The van der Waals surface area contributed by atoms with Crippen molar-refractivity contribution in [1.29, 1.82) is 0 Å². The Morgan fingerprint density at radius 3 is 2.30 bits per heavy atom. The van der Waals surface area contributed by atoms with Gasteiger partial charge < -0.3 is 34.1 Å². The molecule has 1 aliphatic heterocycles. The van der Waals surface area contributed by atoms with E-state index >= 15 is 0 Å². The average Bonchev–Trinajstić information content (AvgIpc) is 3.52. The summed E-state index contributed by atoms with van der Waals surface area (Å²) in [6.07, 6.45) is -3.23. The molecule has 1 saturated heterocycles. The predicted molar refractivity (Wildman–Crippen MR) is 142 cm³/mol. The highest BCUT2D eigenvalue weighted by Gasteiger charge is 2.51. The van der Waals surface area contributed by atoms with Gasteiger partial charge in [-0.3, -0.25) is 19.0 Å². The Morgan fingerprint density at radius 1 is 0.953 bits per heavy atom. The number of fused-ring (bicyclic) bond motifs is 1. The number of carbonyl (C=O) groups excluding carboxylic acids is 4. The molecule has 0 bridgehead atoms. The van der Waals surface area contributed by atoms with Crippen LogP contribution in [0.25, 0.3) is 11.2 Å². The number of nitrogens with one attached hydrogen (secondary N) is 1. The van der Waals surface area contributed by atoms with Crippen molar-refractivity contribution in [1.82, 2.24) is 24.8 Å². The van der Waals surface area contributed by atoms with Gasteiger partial charge in [-0.1, -0.05) is 30.3 Å². The maximum atomic E-state index is 12.3. The number of amides is 1. The largest absolute Gasteiger partial charge is 0.480 e. The molecule has 228 valence electrons. The minimum atomic E-state index is -1.43. The first kappa shape index (κ1) is 30.8. The van der Waals surface area contributed by atoms with E-state index < -0.39 is 60.6 Å². The van der Waals surface area contributed by atoms with Crippen molar-refractivity contribution in [3.8, 4) is 0 Å². The number of nitrogens with zero attached hydrogens (tertiary/aromatic N) is 4. The fourth-order valence-corrected chi connectivity index (χ4v) is 4.45. The highest BCUT2D eigenvalue weighted by molar-refractivity contribution is 5.81. The molecule has 4 rings (SSSR count). The van der Waals surface area contributed by atoms with E-state index in [9.17, 15) is 29.1 Å². The van der Waals surface area contributed by atoms with Crippen LogP contribution in [-0.2, 0) is 55.9 Å². The number of carboxylic acid groups (broad SMARTS) is 1. The van der Waals surface area contributed by atoms with Crippen LogP contribution >= 0.6 is 0 Å². The van der Waals surface area contributed by atoms with Crippen molar-refractivity contribution < 1.29 is 52.8 Å². The van der Waals surface area contributed by atoms with Crippen molar-refractivity contribution in [2.24, 2.45) is 0 Å². The maximum Gasteiger partial charge on any atom is 0.408 e. The number of rotatable bonds is 11. The standard InChI is InChI=1S/C27H29N5O11/c1-14(33)39-11-20-22(41-15(2)34)23(42-16(3)35)25(43-20)32-13-30-21-18(28-12-29-24(21)32)9-19(26(36)37)31-27(38)40-10-17-7-5-4-6-8-17/h4-8,12-13,19-20,22-23,25H,9-11H2,1-3H3,(H,31,38)(H,36,37)/t19-,20+,22+,23+,25+/m0/s1. The lowest BCUT2D eigenvalue weighted by molar-refractivity contribution is -0.166. The Labute approximate surface area is 244 Å². The Morgan fingerprint density at radius 2 is 1.65 bits per heavy atom. The smallest absolute Gasteiger partial charge is 0.408 e. The highest BCUT2D eigenvalue weighted by Crippen LogP contribution is 2.36. The number of benzene rings is 1. The third kappa shape index (κ3) is 7.79. The number of hydrogen-bond acceptors (Lipinski definition) is 13. The van der Waals surface area contributed by atoms with Gasteiger partial charge in [-0.2, -0.15) is 0 Å². The zero-order valence-corrected chi connectivity index (χ0v) is 23.4. The van der Waals surface area contributed by atoms with Gasteiger partial charge in [0.25, 0.3) is 0 Å². The fraction of sp³-hybridized carbons (Fsp3) is 0.407. The van der Waals surface area contributed by atoms with Crippen molar-refractivity contribution in [3.05, 3.63) is 54.2 Å². The molecule has 0 aliphatic carbocycles. The maximum absolute atomic E-state index is 12.3. The summed E-state index contributed by atoms with van der Waals surface area (Å²) in [6, 6.07) is 7.44. The molecule has 2 N–H and O–H groups in total. The molecule has 2 aromatic heterocycles. The first-order valence-electron chi connectivity index (χ1n) is 13.0. The Bertz CT molecular complexity index is 1490. The quantitative estimate of drug-likeness (QED) is 0.234. The summed E-state index contributed by atoms with van der Waals surface area (Å²) in [6.45, 7) is 3.16. The van der Waals surface area contributed by atoms with E-state index in [1.54, 1.807) is 24.3 Å². The van der Waals surface area contributed by atoms with Crippen molar-refractivity contribution in [3.63, 3.8) is 0 Å². The van der Waals surface area contributed by atoms with Crippen molar-refractivity contribution in [2.45, 2.75) is 64.4 Å². The summed E-state index contributed by atoms with van der Waals surface area (Å²) in [5, 5.41) is 12.1. The molecule has 1 aliphatic rings. The van der Waals surface area contributed by atoms with E-state index in [1.165, 1.54) is 17.8 Å². The number of esters is 3. The second kappa shape index (κ2) is 13.7. The molecule has 1 fully saturated rings. The number of alkyl carbamates (subject to hydrolysis) is 1. The third-order valence-electron chi connectivity index (χ3n) is 6.25. The number of carbonyl (C=O) groups is 5. The number of hydrogen-bond donors (Lipinski definition) is 2. The second-order valence-corrected chi connectivity index (χ2v) is 9.46. The predicted octanol–water partition coefficient (Wildman–Crippen LogP) is 1.07. The zero-order valence-electron chi connectivity index (χ0n) is 23.4. The van der Waals surface area contributed by atoms with E-state index in [0.717, 1.165) is 25.7 Å². The molecule has 3 aromatic rings. The second-order valence-electron chi connectivity index (χ2n) is 9.46. The van der Waals surface area contributed by atoms with Gasteiger partial charge in [0.2, 0.25) is 0 Å². The van der Waals surface area contributed by atoms with Crippen LogP contribution in [0.15, 0.2) is 43.0 Å². The first-order valence-corrected chi connectivity index (χ1v) is 13.0. The van der Waals surface area contributed by atoms with Crippen molar-refractivity contribution in [2.75, 3.05) is 6.61 Å². The number of aromatic nitrogens is 4. The van der Waals surface area contributed by atoms with Crippen molar-refractivity contribution >= 4 is 41.1 Å². The molecule has 1 amide bonds. The normalized spacial score (nSPS) is 20.2. The Kier molecular flexibility index (Phi) is 9.82. The molecule has 0 radical (unpaired) electrons. The third-order valence-corrected chi connectivity index (χ3v) is 6.25. The zero-order chi connectivity index (χ0) is 31.1. The van der Waals surface area contributed by atoms with Gasteiger partial charge in [0.1, 0.15) is 37.2 Å². The summed E-state index contributed by atoms with van der Waals surface area (Å²) >= 11 is 0. The van der Waals surface area contributed by atoms with Gasteiger partial charge >= 0.3 is 30.0 Å². The van der Waals surface area contributed by atoms with Crippen LogP contribution < -0.4 is 5.32 Å². The minimum absolute atomic E-state index is 0.0567. The number of aliphatic carboxylic acids is 1. The fourth-order valence-electron chi connectivity index (χ4n) is 4.45. The van der Waals surface area contributed by atoms with Crippen LogP contribution in [-0.4, -0.2) is 85.6 Å². The Hall–Kier alpha value is -5.12. The van der Waals surface area contributed by atoms with E-state index in [1.807, 2.05) is 6.07 Å². The van der Waals surface area contributed by atoms with E-state index in [-0.39, 0.29) is 36.5 Å². The van der Waals surface area contributed by atoms with Gasteiger partial charge in [-0.15, -0.1) is 0 Å². The summed E-state index contributed by atoms with van der Waals surface area (Å²) < 4.78 is 28.5. The summed E-state index contributed by atoms with van der Waals surface area (Å²) in [7, 11) is 0. The molecular formula is C27H29N5O11. The summed E-state index contributed by atoms with van der Waals surface area (Å²) in [5.74, 6) is -3.32. The van der Waals surface area contributed by atoms with Gasteiger partial charge in [-0.05, 0) is 5.56 Å². The minimum Gasteiger partial charge on any atom is -0.480 e. The van der Waals surface area contributed by atoms with Crippen LogP contribution in [0.1, 0.15) is 38.3 Å². The SMILES string of the molecule is CC(=O)OC[C@H]1O[C@@H](n2cnc3c(C[C@H](NC(=O)OCc4ccccc4)C(=O)O)ncnc32)[C@H](OC(C)=O)[C@@H]1OC(C)=O. The lowest BCUT2D eigenvalue weighted by Crippen LogP contribution is -2.42. The van der Waals surface area contributed by atoms with Crippen LogP contribution in [0.2, 0.25) is 0 Å². The van der Waals surface area contributed by atoms with Crippen LogP contribution in [0, 0.1) is 0 Å². The number of carboxylic acids is 1. The van der Waals surface area contributed by atoms with Crippen LogP contribution in [0.4, 0.5) is 4.79 Å². The molecule has 5 atom stereocenters. The van der Waals surface area contributed by atoms with Crippen LogP contribution in [0.3, 0.4) is 0 Å². The molecule has 0 saturated carbocycles. The van der Waals surface area contributed by atoms with Crippen LogP contribution in [0.5, 0.6) is 0 Å². The molecule has 0 unspecified atom stereocenters. The molecule has 16 nitrogen and oxygen atoms in total. The summed E-state index contributed by atoms with van der Waals surface area (Å²) in [5.41, 5.74) is 1.23. The molecule has 43 heavy (non-hydrogen) atoms. The lowest BCUT2D eigenvalue weighted by Gasteiger charge is -2.23. The van der Waals surface area contributed by atoms with Gasteiger partial charge in [0, 0.05) is 27.2 Å². The number of ether oxygens (including phenoxy) is 5. The average molecular weight is 600 g/mol. The van der Waals surface area contributed by atoms with E-state index in [2.05, 4.69) is 20.3 Å².